The zero-order chi connectivity index (χ0) is 33.5. The molecule has 3 fully saturated rings. The Bertz CT molecular complexity index is 1960. The summed E-state index contributed by atoms with van der Waals surface area (Å²) in [5, 5.41) is 20.5. The number of hydrogen-bond donors (Lipinski definition) is 2. The van der Waals surface area contributed by atoms with Crippen molar-refractivity contribution in [1.82, 2.24) is 0 Å². The molecule has 6 atom stereocenters. The van der Waals surface area contributed by atoms with Gasteiger partial charge in [-0.25, -0.2) is 14.1 Å². The summed E-state index contributed by atoms with van der Waals surface area (Å²) >= 11 is 6.05. The number of phenolic OH excluding ortho intramolecular Hbond substituents is 1. The number of aromatic hydroxyl groups is 1. The Kier molecular flexibility index (Phi) is 7.01. The summed E-state index contributed by atoms with van der Waals surface area (Å²) < 4.78 is 19.4. The summed E-state index contributed by atoms with van der Waals surface area (Å²) in [6.45, 7) is 1.66. The predicted octanol–water partition coefficient (Wildman–Crippen LogP) is 5.33. The lowest BCUT2D eigenvalue weighted by molar-refractivity contribution is -0.131. The quantitative estimate of drug-likeness (QED) is 0.277. The monoisotopic (exact) mass is 658 g/mol. The maximum Gasteiger partial charge on any atom is 0.335 e. The number of rotatable bonds is 5. The van der Waals surface area contributed by atoms with E-state index in [1.165, 1.54) is 49.6 Å². The van der Waals surface area contributed by atoms with Gasteiger partial charge in [0, 0.05) is 17.5 Å². The van der Waals surface area contributed by atoms with Crippen LogP contribution < -0.4 is 14.5 Å². The normalized spacial score (nSPS) is 28.2. The molecule has 240 valence electrons. The van der Waals surface area contributed by atoms with Crippen molar-refractivity contribution in [3.63, 3.8) is 0 Å². The molecule has 47 heavy (non-hydrogen) atoms. The molecule has 7 rings (SSSR count). The summed E-state index contributed by atoms with van der Waals surface area (Å²) in [5.74, 6) is -8.12. The first kappa shape index (κ1) is 30.6. The Morgan fingerprint density at radius 2 is 1.70 bits per heavy atom. The van der Waals surface area contributed by atoms with E-state index in [-0.39, 0.29) is 40.6 Å². The maximum atomic E-state index is 14.5. The number of ether oxygens (including phenoxy) is 1. The number of aromatic carboxylic acids is 1. The Morgan fingerprint density at radius 1 is 0.957 bits per heavy atom. The van der Waals surface area contributed by atoms with E-state index < -0.39 is 70.4 Å². The van der Waals surface area contributed by atoms with Crippen LogP contribution in [0.4, 0.5) is 15.8 Å². The van der Waals surface area contributed by atoms with E-state index in [1.807, 2.05) is 6.08 Å². The van der Waals surface area contributed by atoms with Gasteiger partial charge in [0.25, 0.3) is 0 Å². The van der Waals surface area contributed by atoms with Crippen LogP contribution in [0.2, 0.25) is 5.02 Å². The van der Waals surface area contributed by atoms with Gasteiger partial charge >= 0.3 is 5.97 Å². The van der Waals surface area contributed by atoms with E-state index in [9.17, 15) is 38.6 Å². The molecule has 2 aliphatic heterocycles. The van der Waals surface area contributed by atoms with Gasteiger partial charge in [-0.2, -0.15) is 0 Å². The fraction of sp³-hybridized carbons (Fsp3) is 0.286. The molecule has 3 aromatic carbocycles. The van der Waals surface area contributed by atoms with E-state index in [1.54, 1.807) is 19.1 Å². The fourth-order valence-corrected chi connectivity index (χ4v) is 8.33. The first-order valence-electron chi connectivity index (χ1n) is 15.0. The number of hydrogen-bond acceptors (Lipinski definition) is 7. The summed E-state index contributed by atoms with van der Waals surface area (Å²) in [6, 6.07) is 13.8. The molecular formula is C35H28ClFN2O8. The van der Waals surface area contributed by atoms with Crippen LogP contribution in [0, 0.1) is 34.9 Å². The average molecular weight is 659 g/mol. The minimum Gasteiger partial charge on any atom is -0.508 e. The van der Waals surface area contributed by atoms with Gasteiger partial charge in [-0.3, -0.25) is 24.1 Å². The number of anilines is 2. The molecule has 0 bridgehead atoms. The standard InChI is InChI=1S/C35H28ClFN2O8/c1-35-24(31(42)39(34(35)46)18-6-11-26(37)25(36)13-18)15-23-20(29(35)21-8-7-19(47-2)14-27(21)40)9-10-22-28(23)32(43)38(30(22)41)17-5-3-4-16(12-17)33(44)45/h3-9,11-14,22-24,28-29,40H,10,15H2,1-2H3,(H,44,45)/t22-,23+,24-,28-,29+,35+/m0/s1. The predicted molar refractivity (Wildman–Crippen MR) is 167 cm³/mol. The molecule has 4 aliphatic rings. The van der Waals surface area contributed by atoms with Gasteiger partial charge in [0.05, 0.1) is 52.2 Å². The van der Waals surface area contributed by atoms with Gasteiger partial charge in [0.2, 0.25) is 23.6 Å². The van der Waals surface area contributed by atoms with Gasteiger partial charge in [-0.1, -0.05) is 35.4 Å². The number of benzene rings is 3. The topological polar surface area (TPSA) is 142 Å². The van der Waals surface area contributed by atoms with Gasteiger partial charge in [0.1, 0.15) is 17.3 Å². The van der Waals surface area contributed by atoms with Crippen LogP contribution >= 0.6 is 11.6 Å². The number of allylic oxidation sites excluding steroid dienone is 2. The summed E-state index contributed by atoms with van der Waals surface area (Å²) in [7, 11) is 1.44. The van der Waals surface area contributed by atoms with Gasteiger partial charge in [-0.15, -0.1) is 0 Å². The average Bonchev–Trinajstić information content (AvgIpc) is 3.42. The lowest BCUT2D eigenvalue weighted by Crippen LogP contribution is -2.48. The Balaban J connectivity index is 1.37. The molecule has 2 N–H and O–H groups in total. The third-order valence-corrected chi connectivity index (χ3v) is 10.6. The Labute approximate surface area is 273 Å². The summed E-state index contributed by atoms with van der Waals surface area (Å²) in [5.41, 5.74) is -0.321. The highest BCUT2D eigenvalue weighted by Crippen LogP contribution is 2.64. The number of methoxy groups -OCH3 is 1. The van der Waals surface area contributed by atoms with Crippen LogP contribution in [0.1, 0.15) is 41.6 Å². The molecule has 12 heteroatoms. The minimum absolute atomic E-state index is 0.0505. The van der Waals surface area contributed by atoms with Crippen molar-refractivity contribution in [2.24, 2.45) is 29.1 Å². The molecule has 3 aromatic rings. The second-order valence-corrected chi connectivity index (χ2v) is 13.0. The molecule has 0 radical (unpaired) electrons. The minimum atomic E-state index is -1.44. The van der Waals surface area contributed by atoms with E-state index in [0.717, 1.165) is 15.9 Å². The maximum absolute atomic E-state index is 14.5. The van der Waals surface area contributed by atoms with Crippen LogP contribution in [-0.2, 0) is 19.2 Å². The van der Waals surface area contributed by atoms with E-state index >= 15 is 0 Å². The van der Waals surface area contributed by atoms with Crippen molar-refractivity contribution < 1.29 is 43.3 Å². The third-order valence-electron chi connectivity index (χ3n) is 10.3. The lowest BCUT2D eigenvalue weighted by Gasteiger charge is -2.49. The number of carboxylic acids is 1. The molecule has 0 aromatic heterocycles. The second-order valence-electron chi connectivity index (χ2n) is 12.6. The number of imide groups is 2. The van der Waals surface area contributed by atoms with Crippen molar-refractivity contribution in [3.05, 3.63) is 94.3 Å². The number of phenols is 1. The van der Waals surface area contributed by atoms with Gasteiger partial charge in [0.15, 0.2) is 0 Å². The molecule has 0 unspecified atom stereocenters. The number of carboxylic acid groups (broad SMARTS) is 1. The van der Waals surface area contributed by atoms with Gasteiger partial charge in [-0.05, 0) is 68.1 Å². The summed E-state index contributed by atoms with van der Waals surface area (Å²) in [6.07, 6.45) is 2.04. The SMILES string of the molecule is COc1ccc([C@H]2C3=CC[C@@H]4C(=O)N(c5cccc(C(=O)O)c5)C(=O)[C@@H]4[C@@H]3C[C@H]3C(=O)N(c4ccc(F)c(Cl)c4)C(=O)[C@@]23C)c(O)c1. The van der Waals surface area contributed by atoms with Crippen LogP contribution in [0.3, 0.4) is 0 Å². The van der Waals surface area contributed by atoms with Crippen LogP contribution in [0.25, 0.3) is 0 Å². The zero-order valence-corrected chi connectivity index (χ0v) is 25.9. The van der Waals surface area contributed by atoms with E-state index in [4.69, 9.17) is 16.3 Å². The Hall–Kier alpha value is -5.03. The smallest absolute Gasteiger partial charge is 0.335 e. The largest absolute Gasteiger partial charge is 0.508 e. The van der Waals surface area contributed by atoms with Crippen molar-refractivity contribution in [2.75, 3.05) is 16.9 Å². The fourth-order valence-electron chi connectivity index (χ4n) is 8.16. The van der Waals surface area contributed by atoms with E-state index in [0.29, 0.717) is 16.9 Å². The highest BCUT2D eigenvalue weighted by Gasteiger charge is 2.68. The first-order chi connectivity index (χ1) is 22.4. The number of nitrogens with zero attached hydrogens (tertiary/aromatic N) is 2. The number of halogens is 2. The van der Waals surface area contributed by atoms with Crippen molar-refractivity contribution in [2.45, 2.75) is 25.7 Å². The molecule has 0 spiro atoms. The first-order valence-corrected chi connectivity index (χ1v) is 15.4. The number of amides is 4. The van der Waals surface area contributed by atoms with Crippen molar-refractivity contribution >= 4 is 52.6 Å². The lowest BCUT2D eigenvalue weighted by atomic mass is 9.51. The highest BCUT2D eigenvalue weighted by molar-refractivity contribution is 6.32. The number of carbonyl (C=O) groups is 5. The highest BCUT2D eigenvalue weighted by atomic mass is 35.5. The number of fused-ring (bicyclic) bond motifs is 4. The molecule has 1 saturated carbocycles. The van der Waals surface area contributed by atoms with Crippen LogP contribution in [0.5, 0.6) is 11.5 Å². The van der Waals surface area contributed by atoms with Crippen LogP contribution in [-0.4, -0.2) is 46.9 Å². The van der Waals surface area contributed by atoms with Crippen molar-refractivity contribution in [1.29, 1.82) is 0 Å². The molecule has 2 heterocycles. The summed E-state index contributed by atoms with van der Waals surface area (Å²) in [4.78, 5) is 70.4. The molecule has 10 nitrogen and oxygen atoms in total. The molecule has 4 amide bonds. The van der Waals surface area contributed by atoms with E-state index in [2.05, 4.69) is 0 Å². The third kappa shape index (κ3) is 4.32. The zero-order valence-electron chi connectivity index (χ0n) is 25.1. The van der Waals surface area contributed by atoms with Crippen LogP contribution in [0.15, 0.2) is 72.3 Å². The molecule has 2 aliphatic carbocycles. The number of carbonyl (C=O) groups excluding carboxylic acids is 4. The molecule has 2 saturated heterocycles. The van der Waals surface area contributed by atoms with Gasteiger partial charge < -0.3 is 14.9 Å². The second kappa shape index (κ2) is 10.8. The molecular weight excluding hydrogens is 631 g/mol. The Morgan fingerprint density at radius 3 is 2.38 bits per heavy atom. The van der Waals surface area contributed by atoms with Crippen molar-refractivity contribution in [3.8, 4) is 11.5 Å².